The van der Waals surface area contributed by atoms with Gasteiger partial charge in [0, 0.05) is 25.3 Å². The predicted molar refractivity (Wildman–Crippen MR) is 123 cm³/mol. The van der Waals surface area contributed by atoms with Crippen LogP contribution in [0.3, 0.4) is 0 Å². The van der Waals surface area contributed by atoms with Crippen LogP contribution in [0.5, 0.6) is 5.75 Å². The van der Waals surface area contributed by atoms with Gasteiger partial charge in [0.2, 0.25) is 0 Å². The number of hydrogen-bond donors (Lipinski definition) is 0. The minimum absolute atomic E-state index is 0.0582. The highest BCUT2D eigenvalue weighted by Crippen LogP contribution is 2.40. The van der Waals surface area contributed by atoms with E-state index in [0.717, 1.165) is 36.6 Å². The van der Waals surface area contributed by atoms with Gasteiger partial charge in [0.25, 0.3) is 5.91 Å². The van der Waals surface area contributed by atoms with Crippen LogP contribution < -0.4 is 4.74 Å². The van der Waals surface area contributed by atoms with Gasteiger partial charge in [0.15, 0.2) is 19.7 Å². The van der Waals surface area contributed by atoms with Crippen molar-refractivity contribution in [2.24, 2.45) is 5.92 Å². The van der Waals surface area contributed by atoms with Gasteiger partial charge in [0.05, 0.1) is 25.7 Å². The van der Waals surface area contributed by atoms with E-state index in [4.69, 9.17) is 0 Å². The molecule has 2 aromatic rings. The first-order valence-corrected chi connectivity index (χ1v) is 14.1. The number of ether oxygens (including phenoxy) is 1. The highest BCUT2D eigenvalue weighted by atomic mass is 32.2. The minimum Gasteiger partial charge on any atom is -0.435 e. The molecule has 1 aliphatic rings. The average Bonchev–Trinajstić information content (AvgIpc) is 2.70. The summed E-state index contributed by atoms with van der Waals surface area (Å²) >= 11 is 0. The van der Waals surface area contributed by atoms with Gasteiger partial charge in [-0.1, -0.05) is 6.07 Å². The van der Waals surface area contributed by atoms with E-state index in [1.54, 1.807) is 0 Å². The van der Waals surface area contributed by atoms with Gasteiger partial charge in [-0.05, 0) is 56.7 Å². The van der Waals surface area contributed by atoms with Gasteiger partial charge in [-0.3, -0.25) is 4.79 Å². The third-order valence-electron chi connectivity index (χ3n) is 6.43. The maximum absolute atomic E-state index is 13.3. The number of nitrogens with zero attached hydrogens (tertiary/aromatic N) is 1. The molecule has 0 radical (unpaired) electrons. The highest BCUT2D eigenvalue weighted by Gasteiger charge is 2.50. The van der Waals surface area contributed by atoms with Gasteiger partial charge in [-0.25, -0.2) is 16.8 Å². The fourth-order valence-corrected chi connectivity index (χ4v) is 6.75. The molecule has 204 valence electrons. The molecular weight excluding hydrogens is 545 g/mol. The summed E-state index contributed by atoms with van der Waals surface area (Å²) in [6, 6.07) is 5.30. The van der Waals surface area contributed by atoms with E-state index < -0.39 is 70.1 Å². The Balaban J connectivity index is 1.88. The number of rotatable bonds is 7. The van der Waals surface area contributed by atoms with E-state index in [2.05, 4.69) is 4.74 Å². The molecule has 0 aromatic heterocycles. The molecule has 14 heteroatoms. The van der Waals surface area contributed by atoms with Crippen molar-refractivity contribution in [1.82, 2.24) is 4.90 Å². The Morgan fingerprint density at radius 3 is 2.16 bits per heavy atom. The number of carbonyl (C=O) groups is 1. The van der Waals surface area contributed by atoms with E-state index in [-0.39, 0.29) is 24.2 Å². The van der Waals surface area contributed by atoms with Crippen molar-refractivity contribution in [1.29, 1.82) is 0 Å². The van der Waals surface area contributed by atoms with E-state index in [0.29, 0.717) is 6.07 Å². The molecule has 0 N–H and O–H groups in total. The zero-order valence-electron chi connectivity index (χ0n) is 20.1. The molecule has 0 bridgehead atoms. The van der Waals surface area contributed by atoms with Crippen molar-refractivity contribution >= 4 is 25.6 Å². The second-order valence-electron chi connectivity index (χ2n) is 9.30. The fourth-order valence-electron chi connectivity index (χ4n) is 4.07. The number of halogens is 5. The Kier molecular flexibility index (Phi) is 7.43. The molecule has 1 amide bonds. The molecule has 1 fully saturated rings. The second kappa shape index (κ2) is 9.53. The topological polar surface area (TPSA) is 97.8 Å². The average molecular weight is 570 g/mol. The standard InChI is InChI=1S/C23H24F5NO6S2/c1-13-8-16(35-21(24)25)10-18(36(4,31)32)19(13)20(30)29-11-15(12-29)22(2,3)37(33,34)17-7-5-6-14(9-17)23(26,27)28/h5-10,15,21H,11-12H2,1-4H3. The molecule has 7 nitrogen and oxygen atoms in total. The molecule has 0 saturated carbocycles. The highest BCUT2D eigenvalue weighted by molar-refractivity contribution is 7.92. The lowest BCUT2D eigenvalue weighted by molar-refractivity contribution is -0.137. The molecule has 37 heavy (non-hydrogen) atoms. The predicted octanol–water partition coefficient (Wildman–Crippen LogP) is 4.34. The summed E-state index contributed by atoms with van der Waals surface area (Å²) in [5.74, 6) is -1.89. The summed E-state index contributed by atoms with van der Waals surface area (Å²) < 4.78 is 118. The Hall–Kier alpha value is -2.74. The Bertz CT molecular complexity index is 1430. The maximum atomic E-state index is 13.3. The number of likely N-dealkylation sites (tertiary alicyclic amines) is 1. The third-order valence-corrected chi connectivity index (χ3v) is 10.1. The Labute approximate surface area is 211 Å². The van der Waals surface area contributed by atoms with Crippen molar-refractivity contribution < 1.29 is 48.3 Å². The monoisotopic (exact) mass is 569 g/mol. The zero-order valence-corrected chi connectivity index (χ0v) is 21.8. The van der Waals surface area contributed by atoms with Crippen molar-refractivity contribution in [3.63, 3.8) is 0 Å². The van der Waals surface area contributed by atoms with Gasteiger partial charge in [-0.15, -0.1) is 0 Å². The number of carbonyl (C=O) groups excluding carboxylic acids is 1. The zero-order chi connectivity index (χ0) is 28.1. The molecule has 1 aliphatic heterocycles. The fraction of sp³-hybridized carbons (Fsp3) is 0.435. The first kappa shape index (κ1) is 28.8. The Morgan fingerprint density at radius 1 is 1.05 bits per heavy atom. The lowest BCUT2D eigenvalue weighted by Crippen LogP contribution is -2.60. The van der Waals surface area contributed by atoms with Gasteiger partial charge in [0.1, 0.15) is 5.75 Å². The lowest BCUT2D eigenvalue weighted by Gasteiger charge is -2.47. The lowest BCUT2D eigenvalue weighted by atomic mass is 9.86. The number of amides is 1. The van der Waals surface area contributed by atoms with Crippen LogP contribution in [0.2, 0.25) is 0 Å². The number of benzene rings is 2. The van der Waals surface area contributed by atoms with Crippen LogP contribution in [0.25, 0.3) is 0 Å². The van der Waals surface area contributed by atoms with E-state index in [1.165, 1.54) is 25.7 Å². The summed E-state index contributed by atoms with van der Waals surface area (Å²) in [4.78, 5) is 13.4. The summed E-state index contributed by atoms with van der Waals surface area (Å²) in [7, 11) is -8.33. The molecular formula is C23H24F5NO6S2. The first-order valence-electron chi connectivity index (χ1n) is 10.8. The summed E-state index contributed by atoms with van der Waals surface area (Å²) in [6.07, 6.45) is -3.94. The van der Waals surface area contributed by atoms with Crippen molar-refractivity contribution in [2.75, 3.05) is 19.3 Å². The van der Waals surface area contributed by atoms with Gasteiger partial charge >= 0.3 is 12.8 Å². The van der Waals surface area contributed by atoms with Crippen LogP contribution in [0, 0.1) is 12.8 Å². The van der Waals surface area contributed by atoms with Crippen LogP contribution in [-0.2, 0) is 25.9 Å². The molecule has 0 unspecified atom stereocenters. The van der Waals surface area contributed by atoms with Crippen LogP contribution in [-0.4, -0.2) is 58.3 Å². The van der Waals surface area contributed by atoms with E-state index in [1.807, 2.05) is 0 Å². The van der Waals surface area contributed by atoms with Crippen LogP contribution in [0.1, 0.15) is 35.3 Å². The summed E-state index contributed by atoms with van der Waals surface area (Å²) in [5.41, 5.74) is -1.32. The minimum atomic E-state index is -4.74. The number of sulfone groups is 2. The number of alkyl halides is 5. The number of hydrogen-bond acceptors (Lipinski definition) is 6. The normalized spacial score (nSPS) is 15.6. The molecule has 0 aliphatic carbocycles. The van der Waals surface area contributed by atoms with Gasteiger partial charge in [-0.2, -0.15) is 22.0 Å². The number of aryl methyl sites for hydroxylation is 1. The van der Waals surface area contributed by atoms with Crippen molar-refractivity contribution in [3.05, 3.63) is 53.1 Å². The summed E-state index contributed by atoms with van der Waals surface area (Å²) in [6.45, 7) is 0.575. The maximum Gasteiger partial charge on any atom is 0.416 e. The molecule has 1 heterocycles. The van der Waals surface area contributed by atoms with Crippen LogP contribution in [0.15, 0.2) is 46.2 Å². The first-order chi connectivity index (χ1) is 16.8. The van der Waals surface area contributed by atoms with E-state index >= 15 is 0 Å². The molecule has 3 rings (SSSR count). The summed E-state index contributed by atoms with van der Waals surface area (Å²) in [5, 5.41) is 0. The SMILES string of the molecule is Cc1cc(OC(F)F)cc(S(C)(=O)=O)c1C(=O)N1CC(C(C)(C)S(=O)(=O)c2cccc(C(F)(F)F)c2)C1. The third kappa shape index (κ3) is 5.59. The van der Waals surface area contributed by atoms with Crippen molar-refractivity contribution in [2.45, 2.75) is 48.1 Å². The molecule has 2 aromatic carbocycles. The quantitative estimate of drug-likeness (QED) is 0.460. The smallest absolute Gasteiger partial charge is 0.416 e. The van der Waals surface area contributed by atoms with Crippen molar-refractivity contribution in [3.8, 4) is 5.75 Å². The largest absolute Gasteiger partial charge is 0.435 e. The van der Waals surface area contributed by atoms with Crippen LogP contribution >= 0.6 is 0 Å². The van der Waals surface area contributed by atoms with E-state index in [9.17, 15) is 43.6 Å². The molecule has 0 atom stereocenters. The Morgan fingerprint density at radius 2 is 1.65 bits per heavy atom. The molecule has 1 saturated heterocycles. The van der Waals surface area contributed by atoms with Gasteiger partial charge < -0.3 is 9.64 Å². The second-order valence-corrected chi connectivity index (χ2v) is 13.8. The molecule has 0 spiro atoms. The van der Waals surface area contributed by atoms with Crippen LogP contribution in [0.4, 0.5) is 22.0 Å².